The summed E-state index contributed by atoms with van der Waals surface area (Å²) in [5.41, 5.74) is 10.2. The van der Waals surface area contributed by atoms with Crippen molar-refractivity contribution in [2.75, 3.05) is 13.7 Å². The van der Waals surface area contributed by atoms with Crippen LogP contribution in [0.15, 0.2) is 29.0 Å². The fourth-order valence-corrected chi connectivity index (χ4v) is 1.74. The van der Waals surface area contributed by atoms with E-state index in [4.69, 9.17) is 10.3 Å². The lowest BCUT2D eigenvalue weighted by molar-refractivity contribution is -0.136. The van der Waals surface area contributed by atoms with Crippen molar-refractivity contribution in [1.82, 2.24) is 0 Å². The Morgan fingerprint density at radius 3 is 3.17 bits per heavy atom. The second kappa shape index (κ2) is 5.25. The molecule has 0 spiro atoms. The van der Waals surface area contributed by atoms with Crippen LogP contribution in [-0.4, -0.2) is 19.7 Å². The van der Waals surface area contributed by atoms with E-state index in [1.54, 1.807) is 6.07 Å². The number of ether oxygens (including phenoxy) is 2. The zero-order chi connectivity index (χ0) is 13.0. The van der Waals surface area contributed by atoms with Gasteiger partial charge in [0.2, 0.25) is 0 Å². The predicted octanol–water partition coefficient (Wildman–Crippen LogP) is 2.45. The normalized spacial score (nSPS) is 13.3. The molecular weight excluding hydrogens is 234 g/mol. The molecule has 0 atom stereocenters. The first kappa shape index (κ1) is 12.0. The summed E-state index contributed by atoms with van der Waals surface area (Å²) in [5.74, 6) is 0.195. The Morgan fingerprint density at radius 2 is 2.44 bits per heavy atom. The Kier molecular flexibility index (Phi) is 3.50. The largest absolute Gasteiger partial charge is 0.493 e. The van der Waals surface area contributed by atoms with Gasteiger partial charge in [-0.2, -0.15) is 0 Å². The van der Waals surface area contributed by atoms with Crippen molar-refractivity contribution < 1.29 is 14.3 Å². The third-order valence-electron chi connectivity index (χ3n) is 2.56. The van der Waals surface area contributed by atoms with E-state index in [0.717, 1.165) is 23.3 Å². The molecule has 0 fully saturated rings. The van der Waals surface area contributed by atoms with Gasteiger partial charge in [0.25, 0.3) is 0 Å². The molecule has 1 aromatic rings. The van der Waals surface area contributed by atoms with E-state index >= 15 is 0 Å². The molecule has 6 heteroatoms. The van der Waals surface area contributed by atoms with Crippen LogP contribution in [0.25, 0.3) is 16.5 Å². The Morgan fingerprint density at radius 1 is 1.61 bits per heavy atom. The van der Waals surface area contributed by atoms with E-state index in [0.29, 0.717) is 6.61 Å². The summed E-state index contributed by atoms with van der Waals surface area (Å²) in [6.45, 7) is 0.669. The standard InChI is InChI=1S/C12H11N3O3/c1-17-12(16)10(14-15-13)7-8-2-3-11-9(6-8)4-5-18-11/h2-3,6-7H,4-5H2,1H3. The lowest BCUT2D eigenvalue weighted by Gasteiger charge is -2.01. The fraction of sp³-hybridized carbons (Fsp3) is 0.250. The summed E-state index contributed by atoms with van der Waals surface area (Å²) in [7, 11) is 1.24. The first-order valence-electron chi connectivity index (χ1n) is 5.35. The summed E-state index contributed by atoms with van der Waals surface area (Å²) < 4.78 is 9.91. The molecular formula is C12H11N3O3. The highest BCUT2D eigenvalue weighted by Gasteiger charge is 2.12. The van der Waals surface area contributed by atoms with Crippen molar-refractivity contribution in [1.29, 1.82) is 0 Å². The summed E-state index contributed by atoms with van der Waals surface area (Å²) >= 11 is 0. The minimum atomic E-state index is -0.662. The first-order chi connectivity index (χ1) is 8.74. The van der Waals surface area contributed by atoms with Crippen LogP contribution >= 0.6 is 0 Å². The van der Waals surface area contributed by atoms with Gasteiger partial charge in [0.15, 0.2) is 0 Å². The van der Waals surface area contributed by atoms with Crippen molar-refractivity contribution in [2.24, 2.45) is 5.11 Å². The van der Waals surface area contributed by atoms with Crippen LogP contribution in [0.2, 0.25) is 0 Å². The molecule has 2 rings (SSSR count). The monoisotopic (exact) mass is 245 g/mol. The van der Waals surface area contributed by atoms with Gasteiger partial charge in [0.05, 0.1) is 13.7 Å². The molecule has 0 N–H and O–H groups in total. The van der Waals surface area contributed by atoms with Gasteiger partial charge in [-0.3, -0.25) is 0 Å². The van der Waals surface area contributed by atoms with Gasteiger partial charge >= 0.3 is 5.97 Å². The van der Waals surface area contributed by atoms with Gasteiger partial charge in [-0.05, 0) is 34.9 Å². The molecule has 18 heavy (non-hydrogen) atoms. The van der Waals surface area contributed by atoms with Gasteiger partial charge in [0, 0.05) is 11.3 Å². The highest BCUT2D eigenvalue weighted by molar-refractivity contribution is 5.93. The number of carbonyl (C=O) groups excluding carboxylic acids is 1. The number of hydrogen-bond acceptors (Lipinski definition) is 4. The number of methoxy groups -OCH3 is 1. The number of azide groups is 1. The number of carbonyl (C=O) groups is 1. The van der Waals surface area contributed by atoms with Crippen LogP contribution in [0, 0.1) is 0 Å². The SMILES string of the molecule is COC(=O)C(=Cc1ccc2c(c1)CCO2)N=[N+]=[N-]. The second-order valence-electron chi connectivity index (χ2n) is 3.68. The molecule has 0 amide bonds. The number of hydrogen-bond donors (Lipinski definition) is 0. The Balaban J connectivity index is 2.35. The maximum atomic E-state index is 11.4. The third kappa shape index (κ3) is 2.44. The molecule has 1 aromatic carbocycles. The van der Waals surface area contributed by atoms with Crippen LogP contribution in [0.5, 0.6) is 5.75 Å². The quantitative estimate of drug-likeness (QED) is 0.269. The van der Waals surface area contributed by atoms with Gasteiger partial charge in [0.1, 0.15) is 11.4 Å². The summed E-state index contributed by atoms with van der Waals surface area (Å²) in [6.07, 6.45) is 2.33. The smallest absolute Gasteiger partial charge is 0.340 e. The lowest BCUT2D eigenvalue weighted by atomic mass is 10.1. The van der Waals surface area contributed by atoms with Crippen LogP contribution in [0.4, 0.5) is 0 Å². The van der Waals surface area contributed by atoms with Crippen LogP contribution < -0.4 is 4.74 Å². The summed E-state index contributed by atoms with van der Waals surface area (Å²) in [5, 5.41) is 3.32. The molecule has 0 aromatic heterocycles. The number of fused-ring (bicyclic) bond motifs is 1. The zero-order valence-corrected chi connectivity index (χ0v) is 9.79. The topological polar surface area (TPSA) is 84.3 Å². The molecule has 0 saturated heterocycles. The molecule has 1 aliphatic rings. The van der Waals surface area contributed by atoms with E-state index < -0.39 is 5.97 Å². The van der Waals surface area contributed by atoms with E-state index in [1.807, 2.05) is 12.1 Å². The van der Waals surface area contributed by atoms with Crippen molar-refractivity contribution >= 4 is 12.0 Å². The van der Waals surface area contributed by atoms with E-state index in [1.165, 1.54) is 13.2 Å². The molecule has 0 saturated carbocycles. The van der Waals surface area contributed by atoms with E-state index in [9.17, 15) is 4.79 Å². The van der Waals surface area contributed by atoms with Gasteiger partial charge < -0.3 is 9.47 Å². The maximum Gasteiger partial charge on any atom is 0.340 e. The van der Waals surface area contributed by atoms with Crippen LogP contribution in [-0.2, 0) is 16.0 Å². The highest BCUT2D eigenvalue weighted by Crippen LogP contribution is 2.26. The lowest BCUT2D eigenvalue weighted by Crippen LogP contribution is -2.01. The maximum absolute atomic E-state index is 11.4. The summed E-state index contributed by atoms with van der Waals surface area (Å²) in [6, 6.07) is 5.53. The first-order valence-corrected chi connectivity index (χ1v) is 5.35. The average molecular weight is 245 g/mol. The predicted molar refractivity (Wildman–Crippen MR) is 64.8 cm³/mol. The average Bonchev–Trinajstić information content (AvgIpc) is 2.84. The van der Waals surface area contributed by atoms with Crippen molar-refractivity contribution in [3.63, 3.8) is 0 Å². The molecule has 1 heterocycles. The molecule has 92 valence electrons. The van der Waals surface area contributed by atoms with Crippen LogP contribution in [0.1, 0.15) is 11.1 Å². The molecule has 0 bridgehead atoms. The fourth-order valence-electron chi connectivity index (χ4n) is 1.74. The Bertz CT molecular complexity index is 560. The third-order valence-corrected chi connectivity index (χ3v) is 2.56. The highest BCUT2D eigenvalue weighted by atomic mass is 16.5. The number of esters is 1. The molecule has 6 nitrogen and oxygen atoms in total. The number of rotatable bonds is 3. The van der Waals surface area contributed by atoms with E-state index in [-0.39, 0.29) is 5.70 Å². The Labute approximate surface area is 103 Å². The minimum absolute atomic E-state index is 0.0705. The molecule has 1 aliphatic heterocycles. The van der Waals surface area contributed by atoms with Gasteiger partial charge in [-0.15, -0.1) is 0 Å². The van der Waals surface area contributed by atoms with Crippen molar-refractivity contribution in [3.8, 4) is 5.75 Å². The van der Waals surface area contributed by atoms with Crippen LogP contribution in [0.3, 0.4) is 0 Å². The van der Waals surface area contributed by atoms with Gasteiger partial charge in [-0.25, -0.2) is 4.79 Å². The molecule has 0 radical (unpaired) electrons. The van der Waals surface area contributed by atoms with Crippen molar-refractivity contribution in [2.45, 2.75) is 6.42 Å². The second-order valence-corrected chi connectivity index (χ2v) is 3.68. The molecule has 0 unspecified atom stereocenters. The van der Waals surface area contributed by atoms with E-state index in [2.05, 4.69) is 14.8 Å². The van der Waals surface area contributed by atoms with Gasteiger partial charge in [-0.1, -0.05) is 11.2 Å². The number of nitrogens with zero attached hydrogens (tertiary/aromatic N) is 3. The molecule has 0 aliphatic carbocycles. The summed E-state index contributed by atoms with van der Waals surface area (Å²) in [4.78, 5) is 14.0. The zero-order valence-electron chi connectivity index (χ0n) is 9.79. The Hall–Kier alpha value is -2.46. The van der Waals surface area contributed by atoms with Crippen molar-refractivity contribution in [3.05, 3.63) is 45.5 Å². The minimum Gasteiger partial charge on any atom is -0.493 e. The number of benzene rings is 1.